The van der Waals surface area contributed by atoms with E-state index in [0.717, 1.165) is 25.2 Å². The Labute approximate surface area is 76.4 Å². The van der Waals surface area contributed by atoms with Crippen LogP contribution in [-0.4, -0.2) is 24.1 Å². The first-order chi connectivity index (χ1) is 6.25. The van der Waals surface area contributed by atoms with E-state index < -0.39 is 0 Å². The second-order valence-corrected chi connectivity index (χ2v) is 3.36. The summed E-state index contributed by atoms with van der Waals surface area (Å²) in [6.07, 6.45) is 3.84. The molecular formula is C9H12FN3. The van der Waals surface area contributed by atoms with Gasteiger partial charge in [0.2, 0.25) is 0 Å². The average molecular weight is 181 g/mol. The molecule has 70 valence electrons. The molecule has 2 rings (SSSR count). The van der Waals surface area contributed by atoms with Crippen molar-refractivity contribution in [2.45, 2.75) is 12.5 Å². The zero-order valence-corrected chi connectivity index (χ0v) is 7.28. The number of rotatable bonds is 1. The van der Waals surface area contributed by atoms with E-state index in [2.05, 4.69) is 9.88 Å². The lowest BCUT2D eigenvalue weighted by molar-refractivity contribution is 0.620. The summed E-state index contributed by atoms with van der Waals surface area (Å²) < 4.78 is 12.8. The molecule has 1 atom stereocenters. The molecule has 0 saturated carbocycles. The number of pyridine rings is 1. The lowest BCUT2D eigenvalue weighted by atomic mass is 10.3. The summed E-state index contributed by atoms with van der Waals surface area (Å²) in [5, 5.41) is 0. The summed E-state index contributed by atoms with van der Waals surface area (Å²) in [4.78, 5) is 5.85. The number of halogens is 1. The number of nitrogens with two attached hydrogens (primary N) is 1. The third-order valence-electron chi connectivity index (χ3n) is 2.28. The van der Waals surface area contributed by atoms with Gasteiger partial charge in [-0.2, -0.15) is 0 Å². The van der Waals surface area contributed by atoms with Gasteiger partial charge >= 0.3 is 0 Å². The van der Waals surface area contributed by atoms with Crippen molar-refractivity contribution in [1.82, 2.24) is 4.98 Å². The van der Waals surface area contributed by atoms with Crippen LogP contribution in [0, 0.1) is 5.82 Å². The summed E-state index contributed by atoms with van der Waals surface area (Å²) in [5.74, 6) is -0.294. The van der Waals surface area contributed by atoms with Gasteiger partial charge in [0.25, 0.3) is 0 Å². The highest BCUT2D eigenvalue weighted by Gasteiger charge is 2.19. The van der Waals surface area contributed by atoms with Gasteiger partial charge in [-0.05, 0) is 6.42 Å². The average Bonchev–Trinajstić information content (AvgIpc) is 2.52. The van der Waals surface area contributed by atoms with E-state index in [9.17, 15) is 4.39 Å². The Morgan fingerprint density at radius 2 is 2.38 bits per heavy atom. The van der Waals surface area contributed by atoms with Crippen LogP contribution in [0.25, 0.3) is 0 Å². The topological polar surface area (TPSA) is 42.1 Å². The molecule has 3 nitrogen and oxygen atoms in total. The number of anilines is 1. The molecule has 0 unspecified atom stereocenters. The van der Waals surface area contributed by atoms with Crippen LogP contribution in [0.5, 0.6) is 0 Å². The first-order valence-corrected chi connectivity index (χ1v) is 4.37. The highest BCUT2D eigenvalue weighted by Crippen LogP contribution is 2.18. The molecule has 1 saturated heterocycles. The first-order valence-electron chi connectivity index (χ1n) is 4.37. The van der Waals surface area contributed by atoms with Crippen LogP contribution in [0.4, 0.5) is 10.1 Å². The van der Waals surface area contributed by atoms with Gasteiger partial charge in [-0.1, -0.05) is 0 Å². The van der Waals surface area contributed by atoms with E-state index in [0.29, 0.717) is 0 Å². The van der Waals surface area contributed by atoms with E-state index in [4.69, 9.17) is 5.73 Å². The molecule has 4 heteroatoms. The minimum absolute atomic E-state index is 0.211. The van der Waals surface area contributed by atoms with Gasteiger partial charge < -0.3 is 10.6 Å². The molecule has 0 spiro atoms. The van der Waals surface area contributed by atoms with Gasteiger partial charge in [-0.15, -0.1) is 0 Å². The zero-order valence-electron chi connectivity index (χ0n) is 7.28. The van der Waals surface area contributed by atoms with Crippen LogP contribution in [0.3, 0.4) is 0 Å². The van der Waals surface area contributed by atoms with Crippen molar-refractivity contribution in [3.63, 3.8) is 0 Å². The van der Waals surface area contributed by atoms with Crippen molar-refractivity contribution in [3.8, 4) is 0 Å². The molecule has 1 aliphatic rings. The Balaban J connectivity index is 2.16. The maximum absolute atomic E-state index is 12.8. The highest BCUT2D eigenvalue weighted by molar-refractivity contribution is 5.45. The summed E-state index contributed by atoms with van der Waals surface area (Å²) >= 11 is 0. The molecule has 0 radical (unpaired) electrons. The molecular weight excluding hydrogens is 169 g/mol. The Morgan fingerprint density at radius 3 is 3.00 bits per heavy atom. The predicted molar refractivity (Wildman–Crippen MR) is 49.0 cm³/mol. The van der Waals surface area contributed by atoms with Crippen molar-refractivity contribution in [2.24, 2.45) is 5.73 Å². The third kappa shape index (κ3) is 1.78. The molecule has 1 aliphatic heterocycles. The number of hydrogen-bond donors (Lipinski definition) is 1. The van der Waals surface area contributed by atoms with Crippen molar-refractivity contribution >= 4 is 5.69 Å². The van der Waals surface area contributed by atoms with E-state index >= 15 is 0 Å². The van der Waals surface area contributed by atoms with Crippen LogP contribution in [-0.2, 0) is 0 Å². The van der Waals surface area contributed by atoms with Gasteiger partial charge in [0.05, 0.1) is 18.1 Å². The molecule has 0 amide bonds. The molecule has 13 heavy (non-hydrogen) atoms. The number of nitrogens with zero attached hydrogens (tertiary/aromatic N) is 2. The maximum atomic E-state index is 12.8. The second kappa shape index (κ2) is 3.30. The highest BCUT2D eigenvalue weighted by atomic mass is 19.1. The largest absolute Gasteiger partial charge is 0.369 e. The Hall–Kier alpha value is -1.16. The fourth-order valence-corrected chi connectivity index (χ4v) is 1.60. The Morgan fingerprint density at radius 1 is 1.54 bits per heavy atom. The van der Waals surface area contributed by atoms with Crippen molar-refractivity contribution in [2.75, 3.05) is 18.0 Å². The van der Waals surface area contributed by atoms with Gasteiger partial charge in [-0.3, -0.25) is 4.98 Å². The SMILES string of the molecule is N[C@H]1CCN(c2cncc(F)c2)C1. The molecule has 0 aromatic carbocycles. The smallest absolute Gasteiger partial charge is 0.143 e. The van der Waals surface area contributed by atoms with Crippen LogP contribution in [0.15, 0.2) is 18.5 Å². The summed E-state index contributed by atoms with van der Waals surface area (Å²) in [7, 11) is 0. The zero-order chi connectivity index (χ0) is 9.26. The minimum Gasteiger partial charge on any atom is -0.369 e. The number of aromatic nitrogens is 1. The second-order valence-electron chi connectivity index (χ2n) is 3.36. The summed E-state index contributed by atoms with van der Waals surface area (Å²) in [6, 6.07) is 1.70. The Kier molecular flexibility index (Phi) is 2.14. The van der Waals surface area contributed by atoms with Crippen LogP contribution in [0.2, 0.25) is 0 Å². The first kappa shape index (κ1) is 8.44. The predicted octanol–water partition coefficient (Wildman–Crippen LogP) is 0.758. The quantitative estimate of drug-likeness (QED) is 0.695. The summed E-state index contributed by atoms with van der Waals surface area (Å²) in [6.45, 7) is 1.69. The van der Waals surface area contributed by atoms with E-state index in [-0.39, 0.29) is 11.9 Å². The molecule has 0 aliphatic carbocycles. The van der Waals surface area contributed by atoms with Gasteiger partial charge in [-0.25, -0.2) is 4.39 Å². The van der Waals surface area contributed by atoms with Gasteiger partial charge in [0, 0.05) is 25.2 Å². The molecule has 0 bridgehead atoms. The molecule has 2 heterocycles. The van der Waals surface area contributed by atoms with Crippen LogP contribution < -0.4 is 10.6 Å². The Bertz CT molecular complexity index is 303. The van der Waals surface area contributed by atoms with E-state index in [1.807, 2.05) is 0 Å². The summed E-state index contributed by atoms with van der Waals surface area (Å²) in [5.41, 5.74) is 6.57. The van der Waals surface area contributed by atoms with Crippen LogP contribution >= 0.6 is 0 Å². The van der Waals surface area contributed by atoms with Crippen LogP contribution in [0.1, 0.15) is 6.42 Å². The lowest BCUT2D eigenvalue weighted by Crippen LogP contribution is -2.26. The molecule has 1 aromatic heterocycles. The standard InChI is InChI=1S/C9H12FN3/c10-7-3-9(5-12-4-7)13-2-1-8(11)6-13/h3-5,8H,1-2,6,11H2/t8-/m0/s1. The molecule has 2 N–H and O–H groups in total. The fraction of sp³-hybridized carbons (Fsp3) is 0.444. The molecule has 1 fully saturated rings. The van der Waals surface area contributed by atoms with Gasteiger partial charge in [0.15, 0.2) is 0 Å². The van der Waals surface area contributed by atoms with Crippen molar-refractivity contribution in [1.29, 1.82) is 0 Å². The number of hydrogen-bond acceptors (Lipinski definition) is 3. The molecule has 1 aromatic rings. The van der Waals surface area contributed by atoms with Crippen molar-refractivity contribution in [3.05, 3.63) is 24.3 Å². The fourth-order valence-electron chi connectivity index (χ4n) is 1.60. The maximum Gasteiger partial charge on any atom is 0.143 e. The minimum atomic E-state index is -0.294. The van der Waals surface area contributed by atoms with Crippen molar-refractivity contribution < 1.29 is 4.39 Å². The van der Waals surface area contributed by atoms with E-state index in [1.54, 1.807) is 6.20 Å². The normalized spacial score (nSPS) is 22.3. The lowest BCUT2D eigenvalue weighted by Gasteiger charge is -2.16. The monoisotopic (exact) mass is 181 g/mol. The van der Waals surface area contributed by atoms with E-state index in [1.165, 1.54) is 12.3 Å². The van der Waals surface area contributed by atoms with Gasteiger partial charge in [0.1, 0.15) is 5.82 Å². The third-order valence-corrected chi connectivity index (χ3v) is 2.28.